The van der Waals surface area contributed by atoms with E-state index in [2.05, 4.69) is 35.3 Å². The zero-order valence-corrected chi connectivity index (χ0v) is 11.8. The van der Waals surface area contributed by atoms with Crippen LogP contribution in [0.2, 0.25) is 0 Å². The Bertz CT molecular complexity index is 572. The topological polar surface area (TPSA) is 17.0 Å². The van der Waals surface area contributed by atoms with Gasteiger partial charge in [-0.15, -0.1) is 0 Å². The van der Waals surface area contributed by atoms with Crippen molar-refractivity contribution in [2.75, 3.05) is 6.54 Å². The monoisotopic (exact) mass is 272 g/mol. The van der Waals surface area contributed by atoms with Gasteiger partial charge in [0.2, 0.25) is 0 Å². The first-order valence-electron chi connectivity index (χ1n) is 7.40. The smallest absolute Gasteiger partial charge is 0.123 e. The number of benzene rings is 1. The Labute approximate surface area is 119 Å². The maximum absolute atomic E-state index is 13.2. The van der Waals surface area contributed by atoms with Crippen LogP contribution in [0.3, 0.4) is 0 Å². The van der Waals surface area contributed by atoms with Crippen molar-refractivity contribution in [3.05, 3.63) is 59.7 Å². The minimum Gasteiger partial charge on any atom is -0.350 e. The van der Waals surface area contributed by atoms with E-state index < -0.39 is 0 Å². The average Bonchev–Trinajstić information content (AvgIpc) is 3.16. The molecule has 1 saturated carbocycles. The molecule has 1 aromatic heterocycles. The van der Waals surface area contributed by atoms with E-state index in [1.807, 2.05) is 6.07 Å². The van der Waals surface area contributed by atoms with Crippen LogP contribution in [0.15, 0.2) is 42.7 Å². The molecule has 0 amide bonds. The van der Waals surface area contributed by atoms with Crippen LogP contribution in [0.1, 0.15) is 36.9 Å². The van der Waals surface area contributed by atoms with Gasteiger partial charge in [-0.1, -0.05) is 19.1 Å². The van der Waals surface area contributed by atoms with Gasteiger partial charge in [0.1, 0.15) is 5.82 Å². The molecule has 3 heteroatoms. The van der Waals surface area contributed by atoms with Gasteiger partial charge in [0.15, 0.2) is 0 Å². The van der Waals surface area contributed by atoms with E-state index in [1.165, 1.54) is 24.5 Å². The average molecular weight is 272 g/mol. The van der Waals surface area contributed by atoms with Gasteiger partial charge in [0, 0.05) is 25.0 Å². The Hall–Kier alpha value is -1.61. The summed E-state index contributed by atoms with van der Waals surface area (Å²) >= 11 is 0. The molecule has 1 aromatic carbocycles. The van der Waals surface area contributed by atoms with E-state index in [-0.39, 0.29) is 5.82 Å². The molecule has 1 fully saturated rings. The van der Waals surface area contributed by atoms with Crippen molar-refractivity contribution in [2.45, 2.75) is 32.4 Å². The van der Waals surface area contributed by atoms with E-state index in [4.69, 9.17) is 0 Å². The first-order chi connectivity index (χ1) is 9.76. The summed E-state index contributed by atoms with van der Waals surface area (Å²) in [5, 5.41) is 3.57. The van der Waals surface area contributed by atoms with Crippen LogP contribution in [0, 0.1) is 11.7 Å². The SMILES string of the molecule is CCNC(c1ccn(Cc2cccc(F)c2)c1)C1CC1. The third-order valence-corrected chi connectivity index (χ3v) is 3.90. The van der Waals surface area contributed by atoms with Crippen LogP contribution < -0.4 is 5.32 Å². The molecule has 20 heavy (non-hydrogen) atoms. The van der Waals surface area contributed by atoms with Gasteiger partial charge < -0.3 is 9.88 Å². The Morgan fingerprint density at radius 1 is 1.35 bits per heavy atom. The van der Waals surface area contributed by atoms with Crippen LogP contribution in [-0.2, 0) is 6.54 Å². The summed E-state index contributed by atoms with van der Waals surface area (Å²) in [6.07, 6.45) is 6.93. The number of aromatic nitrogens is 1. The van der Waals surface area contributed by atoms with Crippen molar-refractivity contribution in [3.8, 4) is 0 Å². The van der Waals surface area contributed by atoms with E-state index in [0.717, 1.165) is 24.6 Å². The van der Waals surface area contributed by atoms with Crippen LogP contribution in [0.4, 0.5) is 4.39 Å². The van der Waals surface area contributed by atoms with Crippen molar-refractivity contribution in [2.24, 2.45) is 5.92 Å². The summed E-state index contributed by atoms with van der Waals surface area (Å²) in [7, 11) is 0. The second-order valence-corrected chi connectivity index (χ2v) is 5.62. The number of rotatable bonds is 6. The molecule has 0 spiro atoms. The van der Waals surface area contributed by atoms with Gasteiger partial charge >= 0.3 is 0 Å². The Morgan fingerprint density at radius 2 is 2.20 bits per heavy atom. The molecule has 2 nitrogen and oxygen atoms in total. The first kappa shape index (κ1) is 13.4. The zero-order valence-electron chi connectivity index (χ0n) is 11.8. The minimum atomic E-state index is -0.168. The number of hydrogen-bond donors (Lipinski definition) is 1. The van der Waals surface area contributed by atoms with Crippen LogP contribution >= 0.6 is 0 Å². The summed E-state index contributed by atoms with van der Waals surface area (Å²) < 4.78 is 15.3. The third-order valence-electron chi connectivity index (χ3n) is 3.90. The standard InChI is InChI=1S/C17H21FN2/c1-2-19-17(14-6-7-14)15-8-9-20(12-15)11-13-4-3-5-16(18)10-13/h3-5,8-10,12,14,17,19H,2,6-7,11H2,1H3. The van der Waals surface area contributed by atoms with Crippen molar-refractivity contribution in [1.82, 2.24) is 9.88 Å². The zero-order chi connectivity index (χ0) is 13.9. The molecule has 1 aliphatic carbocycles. The van der Waals surface area contributed by atoms with Gasteiger partial charge in [0.25, 0.3) is 0 Å². The van der Waals surface area contributed by atoms with E-state index in [0.29, 0.717) is 6.04 Å². The molecule has 1 atom stereocenters. The minimum absolute atomic E-state index is 0.168. The molecule has 3 rings (SSSR count). The normalized spacial score (nSPS) is 16.3. The predicted octanol–water partition coefficient (Wildman–Crippen LogP) is 3.74. The highest BCUT2D eigenvalue weighted by molar-refractivity contribution is 5.21. The summed E-state index contributed by atoms with van der Waals surface area (Å²) in [4.78, 5) is 0. The third kappa shape index (κ3) is 3.10. The fourth-order valence-corrected chi connectivity index (χ4v) is 2.79. The maximum Gasteiger partial charge on any atom is 0.123 e. The van der Waals surface area contributed by atoms with Gasteiger partial charge in [0.05, 0.1) is 0 Å². The molecule has 0 aliphatic heterocycles. The molecule has 1 aliphatic rings. The largest absolute Gasteiger partial charge is 0.350 e. The Balaban J connectivity index is 1.72. The maximum atomic E-state index is 13.2. The van der Waals surface area contributed by atoms with Gasteiger partial charge in [-0.2, -0.15) is 0 Å². The summed E-state index contributed by atoms with van der Waals surface area (Å²) in [5.74, 6) is 0.623. The molecular weight excluding hydrogens is 251 g/mol. The van der Waals surface area contributed by atoms with Crippen molar-refractivity contribution < 1.29 is 4.39 Å². The summed E-state index contributed by atoms with van der Waals surface area (Å²) in [5.41, 5.74) is 2.35. The number of hydrogen-bond acceptors (Lipinski definition) is 1. The van der Waals surface area contributed by atoms with Gasteiger partial charge in [-0.3, -0.25) is 0 Å². The Morgan fingerprint density at radius 3 is 2.90 bits per heavy atom. The molecule has 0 bridgehead atoms. The first-order valence-corrected chi connectivity index (χ1v) is 7.40. The summed E-state index contributed by atoms with van der Waals surface area (Å²) in [6, 6.07) is 9.48. The quantitative estimate of drug-likeness (QED) is 0.847. The lowest BCUT2D eigenvalue weighted by molar-refractivity contribution is 0.495. The highest BCUT2D eigenvalue weighted by Crippen LogP contribution is 2.41. The lowest BCUT2D eigenvalue weighted by Crippen LogP contribution is -2.22. The molecule has 1 N–H and O–H groups in total. The second-order valence-electron chi connectivity index (χ2n) is 5.62. The number of nitrogens with one attached hydrogen (secondary N) is 1. The lowest BCUT2D eigenvalue weighted by Gasteiger charge is -2.15. The lowest BCUT2D eigenvalue weighted by atomic mass is 10.1. The Kier molecular flexibility index (Phi) is 3.88. The molecule has 1 heterocycles. The van der Waals surface area contributed by atoms with Crippen LogP contribution in [0.25, 0.3) is 0 Å². The van der Waals surface area contributed by atoms with E-state index in [1.54, 1.807) is 12.1 Å². The second kappa shape index (κ2) is 5.80. The highest BCUT2D eigenvalue weighted by atomic mass is 19.1. The van der Waals surface area contributed by atoms with Crippen LogP contribution in [0.5, 0.6) is 0 Å². The highest BCUT2D eigenvalue weighted by Gasteiger charge is 2.31. The number of nitrogens with zero attached hydrogens (tertiary/aromatic N) is 1. The molecule has 0 saturated heterocycles. The molecule has 0 radical (unpaired) electrons. The fraction of sp³-hybridized carbons (Fsp3) is 0.412. The van der Waals surface area contributed by atoms with Gasteiger partial charge in [-0.05, 0) is 54.6 Å². The predicted molar refractivity (Wildman–Crippen MR) is 79.1 cm³/mol. The van der Waals surface area contributed by atoms with Crippen molar-refractivity contribution in [3.63, 3.8) is 0 Å². The van der Waals surface area contributed by atoms with E-state index in [9.17, 15) is 4.39 Å². The molecule has 106 valence electrons. The molecule has 1 unspecified atom stereocenters. The number of halogens is 1. The molecular formula is C17H21FN2. The van der Waals surface area contributed by atoms with Gasteiger partial charge in [-0.25, -0.2) is 4.39 Å². The van der Waals surface area contributed by atoms with E-state index >= 15 is 0 Å². The van der Waals surface area contributed by atoms with Crippen molar-refractivity contribution >= 4 is 0 Å². The summed E-state index contributed by atoms with van der Waals surface area (Å²) in [6.45, 7) is 3.87. The fourth-order valence-electron chi connectivity index (χ4n) is 2.79. The molecule has 2 aromatic rings. The van der Waals surface area contributed by atoms with Crippen LogP contribution in [-0.4, -0.2) is 11.1 Å². The van der Waals surface area contributed by atoms with Crippen molar-refractivity contribution in [1.29, 1.82) is 0 Å².